The second-order valence-corrected chi connectivity index (χ2v) is 6.93. The van der Waals surface area contributed by atoms with Gasteiger partial charge in [-0.25, -0.2) is 14.8 Å². The fourth-order valence-electron chi connectivity index (χ4n) is 3.24. The van der Waals surface area contributed by atoms with Gasteiger partial charge in [0.05, 0.1) is 37.0 Å². The number of anilines is 3. The van der Waals surface area contributed by atoms with Crippen LogP contribution in [0.5, 0.6) is 11.5 Å². The molecule has 0 radical (unpaired) electrons. The SMILES string of the molecule is CCOC(=O)c1ccccc1Nc1ncnc(NCCc2ccc(OC)c(OC)c2)c1[N+](=O)[O-]. The number of nitrogens with one attached hydrogen (secondary N) is 2. The number of rotatable bonds is 11. The van der Waals surface area contributed by atoms with E-state index in [2.05, 4.69) is 20.6 Å². The summed E-state index contributed by atoms with van der Waals surface area (Å²) < 4.78 is 15.6. The van der Waals surface area contributed by atoms with Crippen molar-refractivity contribution in [2.45, 2.75) is 13.3 Å². The molecule has 34 heavy (non-hydrogen) atoms. The molecular weight excluding hydrogens is 442 g/mol. The number of benzene rings is 2. The van der Waals surface area contributed by atoms with Crippen molar-refractivity contribution >= 4 is 29.0 Å². The van der Waals surface area contributed by atoms with Gasteiger partial charge >= 0.3 is 11.7 Å². The highest BCUT2D eigenvalue weighted by Crippen LogP contribution is 2.32. The maximum Gasteiger partial charge on any atom is 0.353 e. The van der Waals surface area contributed by atoms with Crippen LogP contribution in [-0.2, 0) is 11.2 Å². The van der Waals surface area contributed by atoms with Gasteiger partial charge in [-0.05, 0) is 43.2 Å². The van der Waals surface area contributed by atoms with Crippen LogP contribution in [-0.4, -0.2) is 48.2 Å². The van der Waals surface area contributed by atoms with E-state index in [4.69, 9.17) is 14.2 Å². The zero-order chi connectivity index (χ0) is 24.5. The van der Waals surface area contributed by atoms with Crippen LogP contribution < -0.4 is 20.1 Å². The lowest BCUT2D eigenvalue weighted by Gasteiger charge is -2.13. The zero-order valence-electron chi connectivity index (χ0n) is 19.0. The number of carbonyl (C=O) groups excluding carboxylic acids is 1. The molecule has 0 fully saturated rings. The molecule has 0 unspecified atom stereocenters. The van der Waals surface area contributed by atoms with Crippen LogP contribution in [0, 0.1) is 10.1 Å². The molecular formula is C23H25N5O6. The Balaban J connectivity index is 1.80. The molecule has 0 saturated heterocycles. The van der Waals surface area contributed by atoms with Gasteiger partial charge in [-0.1, -0.05) is 18.2 Å². The molecule has 0 bridgehead atoms. The standard InChI is InChI=1S/C23H25N5O6/c1-4-34-23(29)16-7-5-6-8-17(16)27-22-20(28(30)31)21(25-14-26-22)24-12-11-15-9-10-18(32-2)19(13-15)33-3/h5-10,13-14H,4,11-12H2,1-3H3,(H2,24,25,26,27). The van der Waals surface area contributed by atoms with Crippen LogP contribution in [0.25, 0.3) is 0 Å². The Morgan fingerprint density at radius 2 is 1.79 bits per heavy atom. The number of para-hydroxylation sites is 1. The van der Waals surface area contributed by atoms with Crippen LogP contribution in [0.15, 0.2) is 48.8 Å². The highest BCUT2D eigenvalue weighted by molar-refractivity contribution is 5.96. The van der Waals surface area contributed by atoms with Gasteiger partial charge in [-0.2, -0.15) is 0 Å². The Bertz CT molecular complexity index is 1170. The number of carbonyl (C=O) groups is 1. The summed E-state index contributed by atoms with van der Waals surface area (Å²) in [6.45, 7) is 2.27. The third-order valence-electron chi connectivity index (χ3n) is 4.83. The monoisotopic (exact) mass is 467 g/mol. The number of ether oxygens (including phenoxy) is 3. The third kappa shape index (κ3) is 5.68. The average molecular weight is 467 g/mol. The number of hydrogen-bond donors (Lipinski definition) is 2. The second-order valence-electron chi connectivity index (χ2n) is 6.93. The summed E-state index contributed by atoms with van der Waals surface area (Å²) >= 11 is 0. The fourth-order valence-corrected chi connectivity index (χ4v) is 3.24. The second kappa shape index (κ2) is 11.5. The molecule has 3 rings (SSSR count). The van der Waals surface area contributed by atoms with Crippen molar-refractivity contribution in [3.05, 3.63) is 70.0 Å². The van der Waals surface area contributed by atoms with Gasteiger partial charge in [0.2, 0.25) is 11.6 Å². The number of esters is 1. The minimum absolute atomic E-state index is 0.0506. The summed E-state index contributed by atoms with van der Waals surface area (Å²) in [7, 11) is 3.11. The Labute approximate surface area is 196 Å². The Morgan fingerprint density at radius 3 is 2.50 bits per heavy atom. The van der Waals surface area contributed by atoms with Gasteiger partial charge in [0.1, 0.15) is 6.33 Å². The number of aromatic nitrogens is 2. The predicted molar refractivity (Wildman–Crippen MR) is 126 cm³/mol. The van der Waals surface area contributed by atoms with Crippen molar-refractivity contribution in [1.29, 1.82) is 0 Å². The van der Waals surface area contributed by atoms with Crippen molar-refractivity contribution in [3.63, 3.8) is 0 Å². The van der Waals surface area contributed by atoms with Crippen LogP contribution in [0.1, 0.15) is 22.8 Å². The molecule has 2 aromatic carbocycles. The van der Waals surface area contributed by atoms with Crippen molar-refractivity contribution in [2.75, 3.05) is 38.0 Å². The van der Waals surface area contributed by atoms with Crippen LogP contribution in [0.3, 0.4) is 0 Å². The van der Waals surface area contributed by atoms with E-state index < -0.39 is 10.9 Å². The number of nitrogens with zero attached hydrogens (tertiary/aromatic N) is 3. The molecule has 0 spiro atoms. The van der Waals surface area contributed by atoms with Gasteiger partial charge in [0.15, 0.2) is 11.5 Å². The smallest absolute Gasteiger partial charge is 0.353 e. The summed E-state index contributed by atoms with van der Waals surface area (Å²) in [6, 6.07) is 12.1. The number of methoxy groups -OCH3 is 2. The van der Waals surface area contributed by atoms with E-state index in [9.17, 15) is 14.9 Å². The largest absolute Gasteiger partial charge is 0.493 e. The van der Waals surface area contributed by atoms with Crippen LogP contribution in [0.4, 0.5) is 23.0 Å². The lowest BCUT2D eigenvalue weighted by molar-refractivity contribution is -0.383. The molecule has 0 amide bonds. The van der Waals surface area contributed by atoms with Gasteiger partial charge in [0.25, 0.3) is 0 Å². The maximum absolute atomic E-state index is 12.2. The van der Waals surface area contributed by atoms with E-state index in [0.717, 1.165) is 5.56 Å². The van der Waals surface area contributed by atoms with Gasteiger partial charge in [-0.15, -0.1) is 0 Å². The van der Waals surface area contributed by atoms with E-state index in [-0.39, 0.29) is 29.5 Å². The van der Waals surface area contributed by atoms with E-state index in [1.807, 2.05) is 12.1 Å². The van der Waals surface area contributed by atoms with Crippen molar-refractivity contribution in [2.24, 2.45) is 0 Å². The lowest BCUT2D eigenvalue weighted by Crippen LogP contribution is -2.12. The average Bonchev–Trinajstić information content (AvgIpc) is 2.84. The van der Waals surface area contributed by atoms with E-state index in [1.54, 1.807) is 51.5 Å². The highest BCUT2D eigenvalue weighted by atomic mass is 16.6. The van der Waals surface area contributed by atoms with Gasteiger partial charge in [-0.3, -0.25) is 10.1 Å². The molecule has 1 heterocycles. The molecule has 11 heteroatoms. The number of nitro groups is 1. The summed E-state index contributed by atoms with van der Waals surface area (Å²) in [5, 5.41) is 17.7. The summed E-state index contributed by atoms with van der Waals surface area (Å²) in [5.74, 6) is 0.668. The molecule has 0 atom stereocenters. The van der Waals surface area contributed by atoms with Crippen molar-refractivity contribution in [3.8, 4) is 11.5 Å². The number of hydrogen-bond acceptors (Lipinski definition) is 10. The summed E-state index contributed by atoms with van der Waals surface area (Å²) in [4.78, 5) is 31.6. The first-order chi connectivity index (χ1) is 16.5. The predicted octanol–water partition coefficient (Wildman–Crippen LogP) is 3.98. The van der Waals surface area contributed by atoms with Crippen molar-refractivity contribution < 1.29 is 23.9 Å². The Kier molecular flexibility index (Phi) is 8.16. The zero-order valence-corrected chi connectivity index (χ0v) is 19.0. The minimum Gasteiger partial charge on any atom is -0.493 e. The molecule has 0 aliphatic carbocycles. The van der Waals surface area contributed by atoms with E-state index >= 15 is 0 Å². The normalized spacial score (nSPS) is 10.3. The van der Waals surface area contributed by atoms with E-state index in [1.165, 1.54) is 6.33 Å². The Morgan fingerprint density at radius 1 is 1.06 bits per heavy atom. The molecule has 0 aliphatic rings. The molecule has 178 valence electrons. The topological polar surface area (TPSA) is 138 Å². The fraction of sp³-hybridized carbons (Fsp3) is 0.261. The van der Waals surface area contributed by atoms with Crippen LogP contribution in [0.2, 0.25) is 0 Å². The first kappa shape index (κ1) is 24.2. The Hall–Kier alpha value is -4.41. The summed E-state index contributed by atoms with van der Waals surface area (Å²) in [6.07, 6.45) is 1.76. The van der Waals surface area contributed by atoms with Crippen molar-refractivity contribution in [1.82, 2.24) is 9.97 Å². The maximum atomic E-state index is 12.2. The molecule has 0 saturated carbocycles. The lowest BCUT2D eigenvalue weighted by atomic mass is 10.1. The first-order valence-corrected chi connectivity index (χ1v) is 10.5. The van der Waals surface area contributed by atoms with Crippen LogP contribution >= 0.6 is 0 Å². The molecule has 2 N–H and O–H groups in total. The quantitative estimate of drug-likeness (QED) is 0.242. The van der Waals surface area contributed by atoms with Gasteiger partial charge < -0.3 is 24.8 Å². The molecule has 1 aromatic heterocycles. The van der Waals surface area contributed by atoms with E-state index in [0.29, 0.717) is 30.2 Å². The van der Waals surface area contributed by atoms with Gasteiger partial charge in [0, 0.05) is 6.54 Å². The first-order valence-electron chi connectivity index (χ1n) is 10.5. The third-order valence-corrected chi connectivity index (χ3v) is 4.83. The molecule has 3 aromatic rings. The minimum atomic E-state index is -0.575. The molecule has 11 nitrogen and oxygen atoms in total. The highest BCUT2D eigenvalue weighted by Gasteiger charge is 2.24. The summed E-state index contributed by atoms with van der Waals surface area (Å²) in [5.41, 5.74) is 1.18. The molecule has 0 aliphatic heterocycles.